The molecule has 6 heteroatoms. The Morgan fingerprint density at radius 1 is 1.04 bits per heavy atom. The lowest BCUT2D eigenvalue weighted by Crippen LogP contribution is -2.13. The van der Waals surface area contributed by atoms with Crippen molar-refractivity contribution in [3.05, 3.63) is 72.1 Å². The lowest BCUT2D eigenvalue weighted by Gasteiger charge is -2.09. The molecule has 0 atom stereocenters. The van der Waals surface area contributed by atoms with E-state index in [1.54, 1.807) is 35.3 Å². The van der Waals surface area contributed by atoms with Crippen molar-refractivity contribution in [2.75, 3.05) is 10.6 Å². The summed E-state index contributed by atoms with van der Waals surface area (Å²) in [6.07, 6.45) is 3.34. The van der Waals surface area contributed by atoms with E-state index in [-0.39, 0.29) is 11.8 Å². The lowest BCUT2D eigenvalue weighted by atomic mass is 10.1. The first-order valence-corrected chi connectivity index (χ1v) is 7.82. The molecule has 25 heavy (non-hydrogen) atoms. The number of carbonyl (C=O) groups is 2. The van der Waals surface area contributed by atoms with E-state index in [0.29, 0.717) is 16.9 Å². The summed E-state index contributed by atoms with van der Waals surface area (Å²) in [6.45, 7) is 3.31. The molecule has 0 spiro atoms. The molecular formula is C19H18N4O2. The number of hydrogen-bond acceptors (Lipinski definition) is 3. The Morgan fingerprint density at radius 2 is 1.80 bits per heavy atom. The minimum atomic E-state index is -0.265. The van der Waals surface area contributed by atoms with E-state index in [1.807, 2.05) is 37.3 Å². The van der Waals surface area contributed by atoms with Crippen molar-refractivity contribution in [1.29, 1.82) is 0 Å². The van der Waals surface area contributed by atoms with Gasteiger partial charge in [-0.05, 0) is 36.8 Å². The van der Waals surface area contributed by atoms with E-state index in [4.69, 9.17) is 0 Å². The minimum Gasteiger partial charge on any atom is -0.326 e. The van der Waals surface area contributed by atoms with Crippen LogP contribution in [0.5, 0.6) is 0 Å². The number of rotatable bonds is 4. The fraction of sp³-hybridized carbons (Fsp3) is 0.105. The summed E-state index contributed by atoms with van der Waals surface area (Å²) >= 11 is 0. The largest absolute Gasteiger partial charge is 0.326 e. The summed E-state index contributed by atoms with van der Waals surface area (Å²) in [5.74, 6) is -0.441. The van der Waals surface area contributed by atoms with Crippen LogP contribution in [0.2, 0.25) is 0 Å². The number of para-hydroxylation sites is 1. The van der Waals surface area contributed by atoms with Crippen LogP contribution in [0.25, 0.3) is 5.69 Å². The number of hydrogen-bond donors (Lipinski definition) is 2. The molecule has 2 aromatic carbocycles. The van der Waals surface area contributed by atoms with Crippen LogP contribution in [-0.2, 0) is 4.79 Å². The molecule has 0 aliphatic heterocycles. The Bertz CT molecular complexity index is 916. The van der Waals surface area contributed by atoms with Gasteiger partial charge in [0.25, 0.3) is 5.91 Å². The SMILES string of the molecule is CC(=O)Nc1cc(C(=O)Nc2cnn(-c3ccccc3)c2)ccc1C. The van der Waals surface area contributed by atoms with Crippen molar-refractivity contribution in [3.63, 3.8) is 0 Å². The highest BCUT2D eigenvalue weighted by molar-refractivity contribution is 6.05. The predicted octanol–water partition coefficient (Wildman–Crippen LogP) is 3.39. The second-order valence-electron chi connectivity index (χ2n) is 5.67. The zero-order valence-electron chi connectivity index (χ0n) is 14.0. The van der Waals surface area contributed by atoms with Crippen LogP contribution < -0.4 is 10.6 Å². The molecule has 0 saturated carbocycles. The van der Waals surface area contributed by atoms with Gasteiger partial charge in [0.05, 0.1) is 23.8 Å². The molecule has 1 aromatic heterocycles. The molecule has 6 nitrogen and oxygen atoms in total. The Hall–Kier alpha value is -3.41. The maximum absolute atomic E-state index is 12.4. The quantitative estimate of drug-likeness (QED) is 0.768. The number of nitrogens with zero attached hydrogens (tertiary/aromatic N) is 2. The summed E-state index contributed by atoms with van der Waals surface area (Å²) in [7, 11) is 0. The van der Waals surface area contributed by atoms with Gasteiger partial charge in [-0.2, -0.15) is 5.10 Å². The van der Waals surface area contributed by atoms with E-state index >= 15 is 0 Å². The molecule has 2 amide bonds. The molecular weight excluding hydrogens is 316 g/mol. The summed E-state index contributed by atoms with van der Waals surface area (Å²) < 4.78 is 1.69. The van der Waals surface area contributed by atoms with E-state index in [9.17, 15) is 9.59 Å². The summed E-state index contributed by atoms with van der Waals surface area (Å²) in [5, 5.41) is 9.78. The first-order chi connectivity index (χ1) is 12.0. The maximum Gasteiger partial charge on any atom is 0.255 e. The first-order valence-electron chi connectivity index (χ1n) is 7.82. The highest BCUT2D eigenvalue weighted by Gasteiger charge is 2.11. The highest BCUT2D eigenvalue weighted by atomic mass is 16.2. The van der Waals surface area contributed by atoms with Gasteiger partial charge in [-0.15, -0.1) is 0 Å². The van der Waals surface area contributed by atoms with Gasteiger partial charge in [-0.1, -0.05) is 24.3 Å². The number of amides is 2. The van der Waals surface area contributed by atoms with Gasteiger partial charge in [-0.3, -0.25) is 9.59 Å². The van der Waals surface area contributed by atoms with Gasteiger partial charge in [0.15, 0.2) is 0 Å². The fourth-order valence-electron chi connectivity index (χ4n) is 2.40. The summed E-state index contributed by atoms with van der Waals surface area (Å²) in [4.78, 5) is 23.7. The van der Waals surface area contributed by atoms with Gasteiger partial charge >= 0.3 is 0 Å². The average Bonchev–Trinajstić information content (AvgIpc) is 3.05. The third-order valence-electron chi connectivity index (χ3n) is 3.67. The molecule has 0 radical (unpaired) electrons. The number of carbonyl (C=O) groups excluding carboxylic acids is 2. The Morgan fingerprint density at radius 3 is 2.52 bits per heavy atom. The molecule has 0 saturated heterocycles. The predicted molar refractivity (Wildman–Crippen MR) is 97.0 cm³/mol. The van der Waals surface area contributed by atoms with Crippen LogP contribution in [0.3, 0.4) is 0 Å². The number of benzene rings is 2. The van der Waals surface area contributed by atoms with Gasteiger partial charge in [0.1, 0.15) is 0 Å². The van der Waals surface area contributed by atoms with Gasteiger partial charge < -0.3 is 10.6 Å². The van der Waals surface area contributed by atoms with Gasteiger partial charge in [0.2, 0.25) is 5.91 Å². The summed E-state index contributed by atoms with van der Waals surface area (Å²) in [6, 6.07) is 14.8. The normalized spacial score (nSPS) is 10.3. The monoisotopic (exact) mass is 334 g/mol. The van der Waals surface area contributed by atoms with Crippen LogP contribution in [0.4, 0.5) is 11.4 Å². The van der Waals surface area contributed by atoms with E-state index in [0.717, 1.165) is 11.3 Å². The molecule has 0 fully saturated rings. The molecule has 0 aliphatic carbocycles. The number of nitrogens with one attached hydrogen (secondary N) is 2. The Labute approximate surface area is 145 Å². The van der Waals surface area contributed by atoms with Crippen LogP contribution >= 0.6 is 0 Å². The van der Waals surface area contributed by atoms with Gasteiger partial charge in [-0.25, -0.2) is 4.68 Å². The minimum absolute atomic E-state index is 0.176. The molecule has 3 rings (SSSR count). The van der Waals surface area contributed by atoms with Crippen LogP contribution in [-0.4, -0.2) is 21.6 Å². The summed E-state index contributed by atoms with van der Waals surface area (Å²) in [5.41, 5.74) is 3.48. The molecule has 2 N–H and O–H groups in total. The smallest absolute Gasteiger partial charge is 0.255 e. The second-order valence-corrected chi connectivity index (χ2v) is 5.67. The number of aromatic nitrogens is 2. The van der Waals surface area contributed by atoms with Crippen LogP contribution in [0.15, 0.2) is 60.9 Å². The Kier molecular flexibility index (Phi) is 4.61. The first kappa shape index (κ1) is 16.4. The van der Waals surface area contributed by atoms with Gasteiger partial charge in [0, 0.05) is 18.2 Å². The zero-order chi connectivity index (χ0) is 17.8. The number of aryl methyl sites for hydroxylation is 1. The molecule has 126 valence electrons. The van der Waals surface area contributed by atoms with E-state index < -0.39 is 0 Å². The standard InChI is InChI=1S/C19H18N4O2/c1-13-8-9-15(10-18(13)21-14(2)24)19(25)22-16-11-20-23(12-16)17-6-4-3-5-7-17/h3-12H,1-2H3,(H,21,24)(H,22,25). The van der Waals surface area contributed by atoms with Crippen molar-refractivity contribution in [1.82, 2.24) is 9.78 Å². The fourth-order valence-corrected chi connectivity index (χ4v) is 2.40. The Balaban J connectivity index is 1.77. The topological polar surface area (TPSA) is 76.0 Å². The van der Waals surface area contributed by atoms with Crippen molar-refractivity contribution in [2.24, 2.45) is 0 Å². The molecule has 1 heterocycles. The zero-order valence-corrected chi connectivity index (χ0v) is 14.0. The third-order valence-corrected chi connectivity index (χ3v) is 3.67. The average molecular weight is 334 g/mol. The van der Waals surface area contributed by atoms with Crippen molar-refractivity contribution in [3.8, 4) is 5.69 Å². The second kappa shape index (κ2) is 7.00. The van der Waals surface area contributed by atoms with Crippen molar-refractivity contribution < 1.29 is 9.59 Å². The van der Waals surface area contributed by atoms with Crippen LogP contribution in [0, 0.1) is 6.92 Å². The molecule has 0 unspecified atom stereocenters. The van der Waals surface area contributed by atoms with Crippen LogP contribution in [0.1, 0.15) is 22.8 Å². The van der Waals surface area contributed by atoms with Crippen molar-refractivity contribution in [2.45, 2.75) is 13.8 Å². The van der Waals surface area contributed by atoms with E-state index in [2.05, 4.69) is 15.7 Å². The van der Waals surface area contributed by atoms with E-state index in [1.165, 1.54) is 6.92 Å². The lowest BCUT2D eigenvalue weighted by molar-refractivity contribution is -0.114. The maximum atomic E-state index is 12.4. The highest BCUT2D eigenvalue weighted by Crippen LogP contribution is 2.18. The molecule has 0 aliphatic rings. The number of anilines is 2. The van der Waals surface area contributed by atoms with Crippen molar-refractivity contribution >= 4 is 23.2 Å². The molecule has 3 aromatic rings. The third kappa shape index (κ3) is 3.92. The molecule has 0 bridgehead atoms.